The molecule has 0 bridgehead atoms. The first kappa shape index (κ1) is 14.2. The second-order valence-corrected chi connectivity index (χ2v) is 5.44. The van der Waals surface area contributed by atoms with Gasteiger partial charge < -0.3 is 26.0 Å². The van der Waals surface area contributed by atoms with Gasteiger partial charge in [0.2, 0.25) is 5.91 Å². The van der Waals surface area contributed by atoms with Crippen molar-refractivity contribution in [1.82, 2.24) is 14.9 Å². The highest BCUT2D eigenvalue weighted by Crippen LogP contribution is 2.37. The highest BCUT2D eigenvalue weighted by molar-refractivity contribution is 6.02. The third kappa shape index (κ3) is 2.12. The minimum absolute atomic E-state index is 0.202. The van der Waals surface area contributed by atoms with E-state index in [1.165, 1.54) is 6.92 Å². The highest BCUT2D eigenvalue weighted by Gasteiger charge is 2.29. The Morgan fingerprint density at radius 2 is 2.23 bits per heavy atom. The molecule has 1 atom stereocenters. The molecule has 0 fully saturated rings. The summed E-state index contributed by atoms with van der Waals surface area (Å²) >= 11 is 0. The van der Waals surface area contributed by atoms with Gasteiger partial charge in [-0.2, -0.15) is 0 Å². The number of imidazole rings is 1. The summed E-state index contributed by atoms with van der Waals surface area (Å²) in [5, 5.41) is 14.1. The Morgan fingerprint density at radius 3 is 2.86 bits per heavy atom. The number of rotatable bonds is 2. The quantitative estimate of drug-likeness (QED) is 0.628. The Morgan fingerprint density at radius 1 is 1.50 bits per heavy atom. The van der Waals surface area contributed by atoms with E-state index in [1.54, 1.807) is 0 Å². The zero-order valence-electron chi connectivity index (χ0n) is 12.3. The zero-order valence-corrected chi connectivity index (χ0v) is 12.3. The second-order valence-electron chi connectivity index (χ2n) is 5.44. The molecule has 5 N–H and O–H groups in total. The van der Waals surface area contributed by atoms with E-state index in [9.17, 15) is 9.59 Å². The largest absolute Gasteiger partial charge is 0.465 e. The van der Waals surface area contributed by atoms with Gasteiger partial charge in [-0.1, -0.05) is 0 Å². The Bertz CT molecular complexity index is 796. The first-order valence-electron chi connectivity index (χ1n) is 6.94. The molecule has 8 heteroatoms. The molecule has 2 heterocycles. The Labute approximate surface area is 126 Å². The summed E-state index contributed by atoms with van der Waals surface area (Å²) in [6.45, 7) is 3.96. The molecular formula is C14H17N5O3. The number of carbonyl (C=O) groups is 2. The van der Waals surface area contributed by atoms with Crippen molar-refractivity contribution in [3.8, 4) is 0 Å². The molecule has 2 aromatic rings. The Balaban J connectivity index is 2.14. The van der Waals surface area contributed by atoms with Crippen molar-refractivity contribution in [2.45, 2.75) is 32.9 Å². The van der Waals surface area contributed by atoms with Crippen LogP contribution >= 0.6 is 0 Å². The van der Waals surface area contributed by atoms with E-state index in [1.807, 2.05) is 17.6 Å². The number of nitrogen functional groups attached to an aromatic ring is 1. The molecule has 0 spiro atoms. The zero-order chi connectivity index (χ0) is 16.0. The number of benzene rings is 1. The van der Waals surface area contributed by atoms with Crippen molar-refractivity contribution in [2.75, 3.05) is 11.1 Å². The molecule has 0 aliphatic carbocycles. The van der Waals surface area contributed by atoms with Crippen molar-refractivity contribution in [2.24, 2.45) is 0 Å². The number of anilines is 2. The molecule has 0 saturated carbocycles. The van der Waals surface area contributed by atoms with Gasteiger partial charge >= 0.3 is 6.09 Å². The predicted molar refractivity (Wildman–Crippen MR) is 81.7 cm³/mol. The Hall–Kier alpha value is -2.77. The third-order valence-corrected chi connectivity index (χ3v) is 3.86. The lowest BCUT2D eigenvalue weighted by atomic mass is 10.1. The number of fused-ring (bicyclic) bond motifs is 3. The van der Waals surface area contributed by atoms with Gasteiger partial charge in [-0.25, -0.2) is 9.78 Å². The van der Waals surface area contributed by atoms with Crippen LogP contribution in [0.4, 0.5) is 16.2 Å². The number of aryl methyl sites for hydroxylation is 2. The highest BCUT2D eigenvalue weighted by atomic mass is 16.4. The van der Waals surface area contributed by atoms with E-state index in [-0.39, 0.29) is 11.9 Å². The maximum atomic E-state index is 11.3. The summed E-state index contributed by atoms with van der Waals surface area (Å²) < 4.78 is 1.97. The normalized spacial score (nSPS) is 16.5. The van der Waals surface area contributed by atoms with Gasteiger partial charge in [0.25, 0.3) is 0 Å². The third-order valence-electron chi connectivity index (χ3n) is 3.86. The molecule has 8 nitrogen and oxygen atoms in total. The molecule has 1 aromatic heterocycles. The van der Waals surface area contributed by atoms with E-state index in [0.29, 0.717) is 35.7 Å². The molecule has 3 rings (SSSR count). The number of carbonyl (C=O) groups excluding carboxylic acids is 1. The lowest BCUT2D eigenvalue weighted by Gasteiger charge is -2.11. The van der Waals surface area contributed by atoms with Gasteiger partial charge in [0, 0.05) is 13.5 Å². The van der Waals surface area contributed by atoms with Crippen molar-refractivity contribution in [3.05, 3.63) is 17.5 Å². The first-order valence-corrected chi connectivity index (χ1v) is 6.94. The van der Waals surface area contributed by atoms with Crippen LogP contribution < -0.4 is 16.4 Å². The second kappa shape index (κ2) is 4.90. The van der Waals surface area contributed by atoms with E-state index < -0.39 is 6.09 Å². The van der Waals surface area contributed by atoms with Crippen molar-refractivity contribution < 1.29 is 14.7 Å². The number of aromatic nitrogens is 2. The van der Waals surface area contributed by atoms with Crippen molar-refractivity contribution in [1.29, 1.82) is 0 Å². The average Bonchev–Trinajstić information content (AvgIpc) is 2.95. The molecule has 22 heavy (non-hydrogen) atoms. The summed E-state index contributed by atoms with van der Waals surface area (Å²) in [6, 6.07) is 1.57. The number of carboxylic acid groups (broad SMARTS) is 1. The van der Waals surface area contributed by atoms with Crippen LogP contribution in [0.3, 0.4) is 0 Å². The van der Waals surface area contributed by atoms with E-state index in [0.717, 1.165) is 11.1 Å². The van der Waals surface area contributed by atoms with Gasteiger partial charge in [-0.15, -0.1) is 0 Å². The first-order chi connectivity index (χ1) is 10.4. The van der Waals surface area contributed by atoms with E-state index in [2.05, 4.69) is 15.6 Å². The van der Waals surface area contributed by atoms with Crippen LogP contribution in [0.1, 0.15) is 30.8 Å². The summed E-state index contributed by atoms with van der Waals surface area (Å²) in [5.74, 6) is 0.454. The molecule has 116 valence electrons. The summed E-state index contributed by atoms with van der Waals surface area (Å²) in [6.07, 6.45) is -0.412. The summed E-state index contributed by atoms with van der Waals surface area (Å²) in [7, 11) is 0. The fraction of sp³-hybridized carbons (Fsp3) is 0.357. The molecule has 1 unspecified atom stereocenters. The number of hydrogen-bond acceptors (Lipinski definition) is 4. The van der Waals surface area contributed by atoms with E-state index >= 15 is 0 Å². The standard InChI is InChI=1S/C14H17N5O3/c1-6-5-9-12(10(15)11(6)16-7(2)20)18-13-8(17-14(21)22)3-4-19(9)13/h5,8,17H,3-4,15H2,1-2H3,(H,16,20)(H,21,22). The topological polar surface area (TPSA) is 122 Å². The van der Waals surface area contributed by atoms with Gasteiger partial charge in [0.1, 0.15) is 11.3 Å². The van der Waals surface area contributed by atoms with Gasteiger partial charge in [0.05, 0.1) is 22.9 Å². The monoisotopic (exact) mass is 303 g/mol. The maximum absolute atomic E-state index is 11.3. The summed E-state index contributed by atoms with van der Waals surface area (Å²) in [4.78, 5) is 26.7. The molecule has 1 aliphatic rings. The molecule has 0 saturated heterocycles. The number of amides is 2. The van der Waals surface area contributed by atoms with Crippen LogP contribution in [0.2, 0.25) is 0 Å². The van der Waals surface area contributed by atoms with Crippen LogP contribution in [0, 0.1) is 6.92 Å². The van der Waals surface area contributed by atoms with E-state index in [4.69, 9.17) is 10.8 Å². The predicted octanol–water partition coefficient (Wildman–Crippen LogP) is 1.60. The van der Waals surface area contributed by atoms with Crippen molar-refractivity contribution >= 4 is 34.4 Å². The van der Waals surface area contributed by atoms with Gasteiger partial charge in [-0.3, -0.25) is 4.79 Å². The van der Waals surface area contributed by atoms with Crippen LogP contribution in [-0.2, 0) is 11.3 Å². The number of nitrogens with two attached hydrogens (primary N) is 1. The fourth-order valence-electron chi connectivity index (χ4n) is 2.95. The average molecular weight is 303 g/mol. The van der Waals surface area contributed by atoms with Gasteiger partial charge in [0.15, 0.2) is 0 Å². The molecule has 1 aromatic carbocycles. The SMILES string of the molecule is CC(=O)Nc1c(C)cc2c(nc3n2CCC3NC(=O)O)c1N. The maximum Gasteiger partial charge on any atom is 0.405 e. The van der Waals surface area contributed by atoms with Crippen LogP contribution in [0.15, 0.2) is 6.07 Å². The van der Waals surface area contributed by atoms with Crippen molar-refractivity contribution in [3.63, 3.8) is 0 Å². The summed E-state index contributed by atoms with van der Waals surface area (Å²) in [5.41, 5.74) is 9.39. The molecule has 1 aliphatic heterocycles. The smallest absolute Gasteiger partial charge is 0.405 e. The Kier molecular flexibility index (Phi) is 3.16. The van der Waals surface area contributed by atoms with Gasteiger partial charge in [-0.05, 0) is 25.0 Å². The number of hydrogen-bond donors (Lipinski definition) is 4. The number of nitrogens with one attached hydrogen (secondary N) is 2. The minimum Gasteiger partial charge on any atom is -0.465 e. The molecule has 2 amide bonds. The number of nitrogens with zero attached hydrogens (tertiary/aromatic N) is 2. The van der Waals surface area contributed by atoms with Crippen LogP contribution in [0.5, 0.6) is 0 Å². The fourth-order valence-corrected chi connectivity index (χ4v) is 2.95. The molecular weight excluding hydrogens is 286 g/mol. The minimum atomic E-state index is -1.08. The van der Waals surface area contributed by atoms with Crippen LogP contribution in [0.25, 0.3) is 11.0 Å². The van der Waals surface area contributed by atoms with Crippen LogP contribution in [-0.4, -0.2) is 26.7 Å². The lowest BCUT2D eigenvalue weighted by molar-refractivity contribution is -0.114. The lowest BCUT2D eigenvalue weighted by Crippen LogP contribution is -2.25. The molecule has 0 radical (unpaired) electrons.